The zero-order valence-corrected chi connectivity index (χ0v) is 14.0. The highest BCUT2D eigenvalue weighted by atomic mass is 32.2. The van der Waals surface area contributed by atoms with Gasteiger partial charge in [0.15, 0.2) is 9.84 Å². The van der Waals surface area contributed by atoms with Crippen LogP contribution in [0.5, 0.6) is 5.88 Å². The molecule has 1 aromatic rings. The Hall–Kier alpha value is -1.08. The minimum absolute atomic E-state index is 0.222. The first-order valence-electron chi connectivity index (χ1n) is 7.35. The van der Waals surface area contributed by atoms with Gasteiger partial charge >= 0.3 is 0 Å². The van der Waals surface area contributed by atoms with Gasteiger partial charge in [0.25, 0.3) is 0 Å². The Bertz CT molecular complexity index is 593. The Labute approximate surface area is 126 Å². The number of hydrogen-bond donors (Lipinski definition) is 1. The Kier molecular flexibility index (Phi) is 4.93. The van der Waals surface area contributed by atoms with Gasteiger partial charge in [0.2, 0.25) is 5.88 Å². The molecule has 0 bridgehead atoms. The molecular formula is C14H25N3O3S. The summed E-state index contributed by atoms with van der Waals surface area (Å²) in [5, 5.41) is 7.88. The van der Waals surface area contributed by atoms with Crippen LogP contribution >= 0.6 is 0 Å². The molecule has 0 aromatic carbocycles. The van der Waals surface area contributed by atoms with Crippen LogP contribution in [0.3, 0.4) is 0 Å². The van der Waals surface area contributed by atoms with Crippen LogP contribution in [0.4, 0.5) is 0 Å². The van der Waals surface area contributed by atoms with E-state index in [2.05, 4.69) is 24.3 Å². The Morgan fingerprint density at radius 2 is 2.19 bits per heavy atom. The first kappa shape index (κ1) is 16.3. The summed E-state index contributed by atoms with van der Waals surface area (Å²) < 4.78 is 30.1. The second-order valence-electron chi connectivity index (χ2n) is 6.05. The van der Waals surface area contributed by atoms with E-state index in [0.29, 0.717) is 24.0 Å². The normalized spacial score (nSPS) is 21.1. The average molecular weight is 315 g/mol. The molecule has 1 aromatic heterocycles. The smallest absolute Gasteiger partial charge is 0.216 e. The first-order valence-corrected chi connectivity index (χ1v) is 9.17. The fourth-order valence-electron chi connectivity index (χ4n) is 2.89. The standard InChI is InChI=1S/C14H25N3O3S/c1-10(2)13-12(14(20-4)17(3)16-13)8-15-7-11-5-6-21(18,19)9-11/h10-11,15H,5-9H2,1-4H3/t11-/m1/s1. The molecule has 0 amide bonds. The van der Waals surface area contributed by atoms with Gasteiger partial charge in [-0.3, -0.25) is 0 Å². The number of sulfone groups is 1. The van der Waals surface area contributed by atoms with Gasteiger partial charge in [-0.2, -0.15) is 5.10 Å². The second kappa shape index (κ2) is 6.36. The van der Waals surface area contributed by atoms with Crippen molar-refractivity contribution in [3.8, 4) is 5.88 Å². The van der Waals surface area contributed by atoms with Crippen molar-refractivity contribution < 1.29 is 13.2 Å². The number of ether oxygens (including phenoxy) is 1. The summed E-state index contributed by atoms with van der Waals surface area (Å²) in [5.41, 5.74) is 2.09. The van der Waals surface area contributed by atoms with Gasteiger partial charge in [0.05, 0.1) is 29.9 Å². The number of aryl methyl sites for hydroxylation is 1. The van der Waals surface area contributed by atoms with Crippen LogP contribution in [0.25, 0.3) is 0 Å². The van der Waals surface area contributed by atoms with Crippen LogP contribution in [0, 0.1) is 5.92 Å². The molecule has 1 fully saturated rings. The predicted molar refractivity (Wildman–Crippen MR) is 82.3 cm³/mol. The summed E-state index contributed by atoms with van der Waals surface area (Å²) in [5.74, 6) is 1.95. The monoisotopic (exact) mass is 315 g/mol. The van der Waals surface area contributed by atoms with Gasteiger partial charge in [-0.1, -0.05) is 13.8 Å². The van der Waals surface area contributed by atoms with Gasteiger partial charge in [-0.15, -0.1) is 0 Å². The maximum atomic E-state index is 11.5. The van der Waals surface area contributed by atoms with Gasteiger partial charge in [-0.25, -0.2) is 13.1 Å². The van der Waals surface area contributed by atoms with Crippen molar-refractivity contribution in [3.05, 3.63) is 11.3 Å². The minimum atomic E-state index is -2.80. The molecule has 0 aliphatic carbocycles. The van der Waals surface area contributed by atoms with Crippen LogP contribution in [-0.4, -0.2) is 43.4 Å². The quantitative estimate of drug-likeness (QED) is 0.850. The molecular weight excluding hydrogens is 290 g/mol. The lowest BCUT2D eigenvalue weighted by atomic mass is 10.1. The number of rotatable bonds is 6. The van der Waals surface area contributed by atoms with E-state index in [9.17, 15) is 8.42 Å². The lowest BCUT2D eigenvalue weighted by Gasteiger charge is -2.11. The molecule has 1 aliphatic heterocycles. The van der Waals surface area contributed by atoms with Gasteiger partial charge in [-0.05, 0) is 24.8 Å². The van der Waals surface area contributed by atoms with Crippen molar-refractivity contribution in [2.75, 3.05) is 25.2 Å². The third-order valence-electron chi connectivity index (χ3n) is 3.92. The number of aromatic nitrogens is 2. The molecule has 1 N–H and O–H groups in total. The minimum Gasteiger partial charge on any atom is -0.481 e. The highest BCUT2D eigenvalue weighted by molar-refractivity contribution is 7.91. The largest absolute Gasteiger partial charge is 0.481 e. The molecule has 2 heterocycles. The molecule has 21 heavy (non-hydrogen) atoms. The van der Waals surface area contributed by atoms with E-state index in [4.69, 9.17) is 4.74 Å². The lowest BCUT2D eigenvalue weighted by Crippen LogP contribution is -2.24. The highest BCUT2D eigenvalue weighted by Gasteiger charge is 2.27. The van der Waals surface area contributed by atoms with E-state index in [1.54, 1.807) is 11.8 Å². The highest BCUT2D eigenvalue weighted by Crippen LogP contribution is 2.27. The molecule has 0 spiro atoms. The number of hydrogen-bond acceptors (Lipinski definition) is 5. The molecule has 1 saturated heterocycles. The zero-order valence-electron chi connectivity index (χ0n) is 13.2. The van der Waals surface area contributed by atoms with E-state index in [0.717, 1.165) is 30.1 Å². The third kappa shape index (κ3) is 3.77. The molecule has 0 saturated carbocycles. The molecule has 0 unspecified atom stereocenters. The summed E-state index contributed by atoms with van der Waals surface area (Å²) in [7, 11) is 0.718. The Morgan fingerprint density at radius 1 is 1.48 bits per heavy atom. The topological polar surface area (TPSA) is 73.2 Å². The lowest BCUT2D eigenvalue weighted by molar-refractivity contribution is 0.367. The summed E-state index contributed by atoms with van der Waals surface area (Å²) >= 11 is 0. The van der Waals surface area contributed by atoms with Crippen LogP contribution in [-0.2, 0) is 23.4 Å². The van der Waals surface area contributed by atoms with Gasteiger partial charge in [0, 0.05) is 13.6 Å². The van der Waals surface area contributed by atoms with Crippen molar-refractivity contribution >= 4 is 9.84 Å². The van der Waals surface area contributed by atoms with Crippen molar-refractivity contribution in [1.29, 1.82) is 0 Å². The first-order chi connectivity index (χ1) is 9.84. The molecule has 1 aliphatic rings. The Morgan fingerprint density at radius 3 is 2.71 bits per heavy atom. The van der Waals surface area contributed by atoms with Gasteiger partial charge < -0.3 is 10.1 Å². The average Bonchev–Trinajstić information content (AvgIpc) is 2.90. The molecule has 1 atom stereocenters. The maximum Gasteiger partial charge on any atom is 0.216 e. The van der Waals surface area contributed by atoms with Crippen molar-refractivity contribution in [2.45, 2.75) is 32.7 Å². The summed E-state index contributed by atoms with van der Waals surface area (Å²) in [4.78, 5) is 0. The van der Waals surface area contributed by atoms with Crippen molar-refractivity contribution in [2.24, 2.45) is 13.0 Å². The molecule has 6 nitrogen and oxygen atoms in total. The fraction of sp³-hybridized carbons (Fsp3) is 0.786. The van der Waals surface area contributed by atoms with Crippen molar-refractivity contribution in [3.63, 3.8) is 0 Å². The summed E-state index contributed by atoms with van der Waals surface area (Å²) in [6, 6.07) is 0. The number of nitrogens with one attached hydrogen (secondary N) is 1. The molecule has 0 radical (unpaired) electrons. The SMILES string of the molecule is COc1c(CNC[C@H]2CCS(=O)(=O)C2)c(C(C)C)nn1C. The van der Waals surface area contributed by atoms with E-state index >= 15 is 0 Å². The van der Waals surface area contributed by atoms with Crippen LogP contribution in [0.2, 0.25) is 0 Å². The Balaban J connectivity index is 2.00. The van der Waals surface area contributed by atoms with E-state index in [1.165, 1.54) is 0 Å². The van der Waals surface area contributed by atoms with E-state index in [-0.39, 0.29) is 5.92 Å². The predicted octanol–water partition coefficient (Wildman–Crippen LogP) is 1.08. The third-order valence-corrected chi connectivity index (χ3v) is 5.76. The second-order valence-corrected chi connectivity index (χ2v) is 8.28. The number of methoxy groups -OCH3 is 1. The fourth-order valence-corrected chi connectivity index (χ4v) is 4.75. The number of nitrogens with zero attached hydrogens (tertiary/aromatic N) is 2. The van der Waals surface area contributed by atoms with Crippen LogP contribution in [0.15, 0.2) is 0 Å². The zero-order chi connectivity index (χ0) is 15.6. The van der Waals surface area contributed by atoms with E-state index in [1.807, 2.05) is 7.05 Å². The maximum absolute atomic E-state index is 11.5. The molecule has 2 rings (SSSR count). The van der Waals surface area contributed by atoms with Crippen LogP contribution < -0.4 is 10.1 Å². The molecule has 7 heteroatoms. The summed E-state index contributed by atoms with van der Waals surface area (Å²) in [6.07, 6.45) is 0.760. The van der Waals surface area contributed by atoms with Crippen molar-refractivity contribution in [1.82, 2.24) is 15.1 Å². The summed E-state index contributed by atoms with van der Waals surface area (Å²) in [6.45, 7) is 5.58. The van der Waals surface area contributed by atoms with Gasteiger partial charge in [0.1, 0.15) is 0 Å². The molecule has 120 valence electrons. The van der Waals surface area contributed by atoms with E-state index < -0.39 is 9.84 Å². The van der Waals surface area contributed by atoms with Crippen LogP contribution in [0.1, 0.15) is 37.4 Å².